The van der Waals surface area contributed by atoms with Crippen LogP contribution in [-0.2, 0) is 14.8 Å². The summed E-state index contributed by atoms with van der Waals surface area (Å²) in [5.74, 6) is 1.63. The zero-order valence-corrected chi connectivity index (χ0v) is 27.0. The highest BCUT2D eigenvalue weighted by Gasteiger charge is 2.72. The molecule has 5 rings (SSSR count). The number of ether oxygens (including phenoxy) is 1. The van der Waals surface area contributed by atoms with Crippen molar-refractivity contribution >= 4 is 8.32 Å². The van der Waals surface area contributed by atoms with Gasteiger partial charge in [0.05, 0.1) is 5.60 Å². The molecule has 1 aromatic carbocycles. The highest BCUT2D eigenvalue weighted by atomic mass is 28.4. The van der Waals surface area contributed by atoms with E-state index in [1.165, 1.54) is 37.7 Å². The second kappa shape index (κ2) is 10.2. The topological polar surface area (TPSA) is 64.7 Å². The summed E-state index contributed by atoms with van der Waals surface area (Å²) in [7, 11) is -1.77. The van der Waals surface area contributed by atoms with Crippen LogP contribution in [0.25, 0.3) is 0 Å². The summed E-state index contributed by atoms with van der Waals surface area (Å²) in [4.78, 5) is 0. The van der Waals surface area contributed by atoms with Crippen LogP contribution in [0.15, 0.2) is 30.3 Å². The Hall–Kier alpha value is -0.723. The molecule has 220 valence electrons. The summed E-state index contributed by atoms with van der Waals surface area (Å²) < 4.78 is 13.9. The molecule has 5 heteroatoms. The molecule has 0 bridgehead atoms. The molecule has 4 fully saturated rings. The first-order chi connectivity index (χ1) is 18.2. The van der Waals surface area contributed by atoms with E-state index in [9.17, 15) is 5.11 Å². The zero-order chi connectivity index (χ0) is 28.3. The standard InChI is InChI=1S/C34H57NO3Si/c1-30(2,3)39(6,7)38-27-16-18-31(4)26(24-27)14-15-29-28(31)17-19-32(5)33(29,36)20-21-34(32,37-23-11-22-35)25-12-9-8-10-13-25/h8-10,12-13,26-29,36H,11,14-24,35H2,1-7H3/t26?,27?,28-,29-,31+,32+,33-,34?/m1/s1. The van der Waals surface area contributed by atoms with Gasteiger partial charge in [0.25, 0.3) is 0 Å². The van der Waals surface area contributed by atoms with E-state index in [0.717, 1.165) is 32.1 Å². The summed E-state index contributed by atoms with van der Waals surface area (Å²) in [6.07, 6.45) is 11.2. The van der Waals surface area contributed by atoms with Gasteiger partial charge in [0.15, 0.2) is 8.32 Å². The van der Waals surface area contributed by atoms with E-state index >= 15 is 0 Å². The number of fused-ring (bicyclic) bond motifs is 5. The van der Waals surface area contributed by atoms with Gasteiger partial charge in [-0.05, 0) is 118 Å². The lowest BCUT2D eigenvalue weighted by molar-refractivity contribution is -0.248. The smallest absolute Gasteiger partial charge is 0.192 e. The molecule has 39 heavy (non-hydrogen) atoms. The molecule has 1 aromatic rings. The fourth-order valence-electron chi connectivity index (χ4n) is 9.70. The number of rotatable bonds is 7. The number of benzene rings is 1. The minimum absolute atomic E-state index is 0.252. The lowest BCUT2D eigenvalue weighted by Crippen LogP contribution is -2.65. The zero-order valence-electron chi connectivity index (χ0n) is 26.0. The van der Waals surface area contributed by atoms with Crippen molar-refractivity contribution in [2.45, 2.75) is 134 Å². The van der Waals surface area contributed by atoms with Gasteiger partial charge in [0, 0.05) is 18.1 Å². The van der Waals surface area contributed by atoms with Gasteiger partial charge < -0.3 is 20.0 Å². The number of hydrogen-bond acceptors (Lipinski definition) is 4. The molecule has 0 saturated heterocycles. The molecule has 4 aliphatic carbocycles. The molecule has 4 nitrogen and oxygen atoms in total. The van der Waals surface area contributed by atoms with Crippen molar-refractivity contribution in [3.8, 4) is 0 Å². The molecule has 0 radical (unpaired) electrons. The Morgan fingerprint density at radius 1 is 0.949 bits per heavy atom. The van der Waals surface area contributed by atoms with Crippen molar-refractivity contribution in [1.29, 1.82) is 0 Å². The maximum absolute atomic E-state index is 12.9. The molecular formula is C34H57NO3Si. The van der Waals surface area contributed by atoms with Crippen molar-refractivity contribution in [3.63, 3.8) is 0 Å². The summed E-state index contributed by atoms with van der Waals surface area (Å²) >= 11 is 0. The van der Waals surface area contributed by atoms with Gasteiger partial charge in [0.2, 0.25) is 0 Å². The second-order valence-corrected chi connectivity index (χ2v) is 20.5. The van der Waals surface area contributed by atoms with Gasteiger partial charge in [0.1, 0.15) is 5.60 Å². The van der Waals surface area contributed by atoms with E-state index in [0.29, 0.717) is 42.4 Å². The highest BCUT2D eigenvalue weighted by molar-refractivity contribution is 6.74. The van der Waals surface area contributed by atoms with Crippen molar-refractivity contribution < 1.29 is 14.3 Å². The Bertz CT molecular complexity index is 1010. The monoisotopic (exact) mass is 555 g/mol. The minimum Gasteiger partial charge on any atom is -0.414 e. The first kappa shape index (κ1) is 29.8. The van der Waals surface area contributed by atoms with Crippen LogP contribution in [-0.4, -0.2) is 38.3 Å². The molecule has 0 amide bonds. The SMILES string of the molecule is CC(C)(C)[Si](C)(C)OC1CC[C@@]2(C)C(CC[C@@H]3[C@H]2CC[C@]2(C)C(OCCCN)(c4ccccc4)CC[C@@]32O)C1. The van der Waals surface area contributed by atoms with Gasteiger partial charge in [-0.1, -0.05) is 65.0 Å². The van der Waals surface area contributed by atoms with Gasteiger partial charge in [-0.3, -0.25) is 0 Å². The van der Waals surface area contributed by atoms with Crippen molar-refractivity contribution in [3.05, 3.63) is 35.9 Å². The molecule has 4 saturated carbocycles. The van der Waals surface area contributed by atoms with Crippen LogP contribution in [0.1, 0.15) is 104 Å². The first-order valence-electron chi connectivity index (χ1n) is 16.0. The van der Waals surface area contributed by atoms with Crippen LogP contribution in [0, 0.1) is 28.6 Å². The maximum atomic E-state index is 12.9. The third-order valence-electron chi connectivity index (χ3n) is 13.1. The number of hydrogen-bond donors (Lipinski definition) is 2. The van der Waals surface area contributed by atoms with Crippen LogP contribution >= 0.6 is 0 Å². The lowest BCUT2D eigenvalue weighted by atomic mass is 9.42. The molecule has 0 heterocycles. The molecule has 0 aliphatic heterocycles. The van der Waals surface area contributed by atoms with Crippen LogP contribution in [0.4, 0.5) is 0 Å². The van der Waals surface area contributed by atoms with E-state index < -0.39 is 19.5 Å². The third kappa shape index (κ3) is 4.52. The van der Waals surface area contributed by atoms with Gasteiger partial charge in [-0.2, -0.15) is 0 Å². The van der Waals surface area contributed by atoms with E-state index in [4.69, 9.17) is 14.9 Å². The van der Waals surface area contributed by atoms with Crippen molar-refractivity contribution in [1.82, 2.24) is 0 Å². The normalized spacial score (nSPS) is 42.5. The summed E-state index contributed by atoms with van der Waals surface area (Å²) in [6.45, 7) is 18.1. The molecule has 8 atom stereocenters. The Labute approximate surface area is 239 Å². The Morgan fingerprint density at radius 2 is 1.67 bits per heavy atom. The summed E-state index contributed by atoms with van der Waals surface area (Å²) in [5.41, 5.74) is 5.96. The maximum Gasteiger partial charge on any atom is 0.192 e. The van der Waals surface area contributed by atoms with Crippen LogP contribution < -0.4 is 5.73 Å². The summed E-state index contributed by atoms with van der Waals surface area (Å²) in [6, 6.07) is 10.8. The van der Waals surface area contributed by atoms with Crippen LogP contribution in [0.5, 0.6) is 0 Å². The summed E-state index contributed by atoms with van der Waals surface area (Å²) in [5, 5.41) is 13.1. The average Bonchev–Trinajstić information content (AvgIpc) is 3.12. The predicted molar refractivity (Wildman–Crippen MR) is 163 cm³/mol. The van der Waals surface area contributed by atoms with Crippen molar-refractivity contribution in [2.75, 3.05) is 13.2 Å². The molecular weight excluding hydrogens is 498 g/mol. The molecule has 3 N–H and O–H groups in total. The quantitative estimate of drug-likeness (QED) is 0.266. The predicted octanol–water partition coefficient (Wildman–Crippen LogP) is 7.80. The van der Waals surface area contributed by atoms with Gasteiger partial charge in [-0.25, -0.2) is 0 Å². The Kier molecular flexibility index (Phi) is 7.80. The fourth-order valence-corrected chi connectivity index (χ4v) is 11.1. The molecule has 0 spiro atoms. The third-order valence-corrected chi connectivity index (χ3v) is 17.7. The Morgan fingerprint density at radius 3 is 2.33 bits per heavy atom. The van der Waals surface area contributed by atoms with E-state index in [1.54, 1.807) is 0 Å². The average molecular weight is 556 g/mol. The Balaban J connectivity index is 1.40. The second-order valence-electron chi connectivity index (χ2n) is 15.7. The van der Waals surface area contributed by atoms with E-state index in [-0.39, 0.29) is 10.5 Å². The number of aliphatic hydroxyl groups is 1. The lowest BCUT2D eigenvalue weighted by Gasteiger charge is -2.65. The van der Waals surface area contributed by atoms with Gasteiger partial charge >= 0.3 is 0 Å². The van der Waals surface area contributed by atoms with E-state index in [2.05, 4.69) is 78.0 Å². The first-order valence-corrected chi connectivity index (χ1v) is 18.9. The van der Waals surface area contributed by atoms with E-state index in [1.807, 2.05) is 0 Å². The molecule has 4 aliphatic rings. The molecule has 0 aromatic heterocycles. The largest absolute Gasteiger partial charge is 0.414 e. The molecule has 3 unspecified atom stereocenters. The van der Waals surface area contributed by atoms with Crippen LogP contribution in [0.3, 0.4) is 0 Å². The van der Waals surface area contributed by atoms with Crippen molar-refractivity contribution in [2.24, 2.45) is 34.3 Å². The van der Waals surface area contributed by atoms with Crippen LogP contribution in [0.2, 0.25) is 18.1 Å². The number of nitrogens with two attached hydrogens (primary N) is 1. The fraction of sp³-hybridized carbons (Fsp3) is 0.824. The minimum atomic E-state index is -1.77. The van der Waals surface area contributed by atoms with Gasteiger partial charge in [-0.15, -0.1) is 0 Å². The highest BCUT2D eigenvalue weighted by Crippen LogP contribution is 2.72.